The first kappa shape index (κ1) is 29.1. The van der Waals surface area contributed by atoms with Gasteiger partial charge in [0.25, 0.3) is 15.9 Å². The largest absolute Gasteiger partial charge is 0.484 e. The van der Waals surface area contributed by atoms with E-state index >= 15 is 0 Å². The van der Waals surface area contributed by atoms with Crippen molar-refractivity contribution in [2.24, 2.45) is 5.41 Å². The summed E-state index contributed by atoms with van der Waals surface area (Å²) in [7, 11) is -4.23. The number of alkyl halides is 2. The van der Waals surface area contributed by atoms with E-state index in [1.807, 2.05) is 0 Å². The van der Waals surface area contributed by atoms with Crippen LogP contribution in [0.25, 0.3) is 0 Å². The molecule has 1 unspecified atom stereocenters. The predicted octanol–water partition coefficient (Wildman–Crippen LogP) is 4.54. The van der Waals surface area contributed by atoms with E-state index in [9.17, 15) is 31.2 Å². The van der Waals surface area contributed by atoms with Crippen LogP contribution in [0.2, 0.25) is 0 Å². The fourth-order valence-electron chi connectivity index (χ4n) is 3.48. The van der Waals surface area contributed by atoms with Crippen molar-refractivity contribution in [2.45, 2.75) is 51.0 Å². The molecule has 208 valence electrons. The van der Waals surface area contributed by atoms with Crippen molar-refractivity contribution in [3.8, 4) is 5.75 Å². The molecule has 0 spiro atoms. The van der Waals surface area contributed by atoms with Crippen LogP contribution >= 0.6 is 0 Å². The molecule has 2 N–H and O–H groups in total. The van der Waals surface area contributed by atoms with Crippen LogP contribution in [0.4, 0.5) is 29.3 Å². The van der Waals surface area contributed by atoms with E-state index in [2.05, 4.69) is 10.6 Å². The van der Waals surface area contributed by atoms with Gasteiger partial charge in [-0.25, -0.2) is 26.4 Å². The lowest BCUT2D eigenvalue weighted by atomic mass is 9.83. The summed E-state index contributed by atoms with van der Waals surface area (Å²) in [5, 5.41) is 4.90. The SMILES string of the molecule is CCC(C)(C)C(F)(F)COC(=O)Nc1ccc2c(c1)N(S(=O)(=O)c1ccc(F)cc1)CC(CNC(C)=O)O2. The Bertz CT molecular complexity index is 1290. The number of amides is 2. The van der Waals surface area contributed by atoms with E-state index in [0.717, 1.165) is 28.6 Å². The predicted molar refractivity (Wildman–Crippen MR) is 134 cm³/mol. The van der Waals surface area contributed by atoms with Crippen molar-refractivity contribution >= 4 is 33.4 Å². The summed E-state index contributed by atoms with van der Waals surface area (Å²) in [4.78, 5) is 23.4. The number of anilines is 2. The molecule has 1 heterocycles. The number of hydrogen-bond donors (Lipinski definition) is 2. The first-order valence-corrected chi connectivity index (χ1v) is 13.3. The van der Waals surface area contributed by atoms with Crippen molar-refractivity contribution in [1.29, 1.82) is 0 Å². The van der Waals surface area contributed by atoms with E-state index in [1.165, 1.54) is 39.0 Å². The maximum atomic E-state index is 14.4. The first-order valence-electron chi connectivity index (χ1n) is 11.8. The molecule has 0 aromatic heterocycles. The zero-order valence-electron chi connectivity index (χ0n) is 21.4. The van der Waals surface area contributed by atoms with Crippen LogP contribution < -0.4 is 19.7 Å². The van der Waals surface area contributed by atoms with Crippen LogP contribution in [0.3, 0.4) is 0 Å². The molecule has 0 aliphatic carbocycles. The van der Waals surface area contributed by atoms with E-state index in [0.29, 0.717) is 0 Å². The Labute approximate surface area is 219 Å². The quantitative estimate of drug-likeness (QED) is 0.468. The summed E-state index contributed by atoms with van der Waals surface area (Å²) in [5.74, 6) is -4.09. The number of ether oxygens (including phenoxy) is 2. The number of fused-ring (bicyclic) bond motifs is 1. The van der Waals surface area contributed by atoms with Gasteiger partial charge in [0.1, 0.15) is 17.7 Å². The third-order valence-corrected chi connectivity index (χ3v) is 8.17. The number of carbonyl (C=O) groups excluding carboxylic acids is 2. The molecule has 38 heavy (non-hydrogen) atoms. The zero-order chi connectivity index (χ0) is 28.3. The van der Waals surface area contributed by atoms with Gasteiger partial charge in [0.15, 0.2) is 6.61 Å². The summed E-state index contributed by atoms with van der Waals surface area (Å²) in [5.41, 5.74) is -1.28. The topological polar surface area (TPSA) is 114 Å². The fraction of sp³-hybridized carbons (Fsp3) is 0.440. The van der Waals surface area contributed by atoms with Crippen LogP contribution in [0.5, 0.6) is 5.75 Å². The standard InChI is InChI=1S/C25H30F3N3O6S/c1-5-24(3,4)25(27,28)15-36-23(33)30-18-8-11-22-21(12-18)31(14-19(37-22)13-29-16(2)32)38(34,35)20-9-6-17(26)7-10-20/h6-12,19H,5,13-15H2,1-4H3,(H,29,32)(H,30,33). The van der Waals surface area contributed by atoms with Gasteiger partial charge in [0.05, 0.1) is 23.7 Å². The molecule has 9 nitrogen and oxygen atoms in total. The second kappa shape index (κ2) is 11.1. The van der Waals surface area contributed by atoms with Gasteiger partial charge in [-0.15, -0.1) is 0 Å². The fourth-order valence-corrected chi connectivity index (χ4v) is 4.98. The number of hydrogen-bond acceptors (Lipinski definition) is 6. The van der Waals surface area contributed by atoms with Gasteiger partial charge >= 0.3 is 6.09 Å². The van der Waals surface area contributed by atoms with Gasteiger partial charge in [-0.3, -0.25) is 14.4 Å². The van der Waals surface area contributed by atoms with Crippen LogP contribution in [0, 0.1) is 11.2 Å². The van der Waals surface area contributed by atoms with Gasteiger partial charge in [-0.1, -0.05) is 20.8 Å². The highest BCUT2D eigenvalue weighted by molar-refractivity contribution is 7.92. The smallest absolute Gasteiger partial charge is 0.411 e. The normalized spacial score (nSPS) is 15.8. The number of nitrogens with one attached hydrogen (secondary N) is 2. The Morgan fingerprint density at radius 2 is 1.82 bits per heavy atom. The Hall–Kier alpha value is -3.48. The highest BCUT2D eigenvalue weighted by Gasteiger charge is 2.46. The molecule has 1 aliphatic heterocycles. The molecule has 3 rings (SSSR count). The summed E-state index contributed by atoms with van der Waals surface area (Å²) >= 11 is 0. The van der Waals surface area contributed by atoms with Crippen LogP contribution in [0.1, 0.15) is 34.1 Å². The van der Waals surface area contributed by atoms with E-state index in [4.69, 9.17) is 9.47 Å². The maximum absolute atomic E-state index is 14.4. The molecule has 2 amide bonds. The van der Waals surface area contributed by atoms with Crippen molar-refractivity contribution in [1.82, 2.24) is 5.32 Å². The second-order valence-electron chi connectivity index (χ2n) is 9.49. The highest BCUT2D eigenvalue weighted by atomic mass is 32.2. The van der Waals surface area contributed by atoms with Gasteiger partial charge in [0, 0.05) is 18.0 Å². The number of sulfonamides is 1. The summed E-state index contributed by atoms with van der Waals surface area (Å²) in [6.07, 6.45) is -1.74. The van der Waals surface area contributed by atoms with Crippen molar-refractivity contribution in [2.75, 3.05) is 29.3 Å². The average molecular weight is 558 g/mol. The lowest BCUT2D eigenvalue weighted by molar-refractivity contribution is -0.138. The number of halogens is 3. The molecule has 0 fully saturated rings. The third-order valence-electron chi connectivity index (χ3n) is 6.38. The summed E-state index contributed by atoms with van der Waals surface area (Å²) in [6.45, 7) is 4.32. The van der Waals surface area contributed by atoms with E-state index in [1.54, 1.807) is 6.92 Å². The molecule has 2 aromatic carbocycles. The zero-order valence-corrected chi connectivity index (χ0v) is 22.2. The monoisotopic (exact) mass is 557 g/mol. The van der Waals surface area contributed by atoms with Crippen LogP contribution in [-0.2, 0) is 19.6 Å². The van der Waals surface area contributed by atoms with E-state index < -0.39 is 46.0 Å². The molecule has 0 saturated heterocycles. The molecular weight excluding hydrogens is 527 g/mol. The Kier molecular flexibility index (Phi) is 8.49. The Morgan fingerprint density at radius 1 is 1.16 bits per heavy atom. The van der Waals surface area contributed by atoms with Gasteiger partial charge in [-0.05, 0) is 48.9 Å². The van der Waals surface area contributed by atoms with Gasteiger partial charge in [-0.2, -0.15) is 0 Å². The van der Waals surface area contributed by atoms with Gasteiger partial charge < -0.3 is 14.8 Å². The average Bonchev–Trinajstić information content (AvgIpc) is 2.86. The van der Waals surface area contributed by atoms with Crippen molar-refractivity contribution in [3.63, 3.8) is 0 Å². The van der Waals surface area contributed by atoms with E-state index in [-0.39, 0.29) is 47.4 Å². The second-order valence-corrected chi connectivity index (χ2v) is 11.4. The summed E-state index contributed by atoms with van der Waals surface area (Å²) < 4.78 is 80.8. The van der Waals surface area contributed by atoms with Crippen molar-refractivity contribution < 1.29 is 40.7 Å². The minimum absolute atomic E-state index is 0.0128. The maximum Gasteiger partial charge on any atom is 0.411 e. The minimum Gasteiger partial charge on any atom is -0.484 e. The molecule has 1 atom stereocenters. The Morgan fingerprint density at radius 3 is 2.42 bits per heavy atom. The highest BCUT2D eigenvalue weighted by Crippen LogP contribution is 2.40. The number of rotatable bonds is 9. The Balaban J connectivity index is 1.87. The number of nitrogens with zero attached hydrogens (tertiary/aromatic N) is 1. The molecule has 13 heteroatoms. The van der Waals surface area contributed by atoms with Crippen LogP contribution in [0.15, 0.2) is 47.4 Å². The van der Waals surface area contributed by atoms with Crippen molar-refractivity contribution in [3.05, 3.63) is 48.3 Å². The molecule has 0 saturated carbocycles. The molecule has 1 aliphatic rings. The lowest BCUT2D eigenvalue weighted by Gasteiger charge is -2.35. The first-order chi connectivity index (χ1) is 17.7. The molecule has 0 radical (unpaired) electrons. The molecule has 0 bridgehead atoms. The number of carbonyl (C=O) groups is 2. The van der Waals surface area contributed by atoms with Crippen LogP contribution in [-0.4, -0.2) is 52.1 Å². The lowest BCUT2D eigenvalue weighted by Crippen LogP contribution is -2.48. The molecule has 2 aromatic rings. The minimum atomic E-state index is -4.23. The van der Waals surface area contributed by atoms with Gasteiger partial charge in [0.2, 0.25) is 5.91 Å². The summed E-state index contributed by atoms with van der Waals surface area (Å²) in [6, 6.07) is 8.31. The molecular formula is C25H30F3N3O6S. The number of benzene rings is 2. The third kappa shape index (κ3) is 6.50.